The summed E-state index contributed by atoms with van der Waals surface area (Å²) in [5.41, 5.74) is 3.32. The normalized spacial score (nSPS) is 16.9. The van der Waals surface area contributed by atoms with E-state index in [1.54, 1.807) is 36.4 Å². The number of ketones is 1. The number of hydroxylamine groups is 1. The van der Waals surface area contributed by atoms with E-state index in [0.29, 0.717) is 5.69 Å². The summed E-state index contributed by atoms with van der Waals surface area (Å²) in [5.74, 6) is -0.854. The second kappa shape index (κ2) is 7.83. The standard InChI is InChI=1S/C19H19N3O5S/c1-13(21-27-12-17(23)20-14-8-4-3-5-9-14)18-19(24)15-10-6-7-11-16(15)28(25,26)22(18)2/h3-11,21H,12H2,1-2H3,(H,20,23)/b18-13+. The molecule has 3 rings (SSSR count). The summed E-state index contributed by atoms with van der Waals surface area (Å²) in [5, 5.41) is 2.65. The zero-order chi connectivity index (χ0) is 20.3. The van der Waals surface area contributed by atoms with Gasteiger partial charge in [-0.2, -0.15) is 0 Å². The van der Waals surface area contributed by atoms with Crippen LogP contribution < -0.4 is 10.8 Å². The molecule has 0 unspecified atom stereocenters. The third kappa shape index (κ3) is 3.75. The van der Waals surface area contributed by atoms with E-state index < -0.39 is 21.7 Å². The van der Waals surface area contributed by atoms with Crippen LogP contribution in [-0.2, 0) is 19.7 Å². The summed E-state index contributed by atoms with van der Waals surface area (Å²) in [6, 6.07) is 14.9. The molecule has 0 atom stereocenters. The molecule has 1 heterocycles. The van der Waals surface area contributed by atoms with Gasteiger partial charge in [0.25, 0.3) is 15.9 Å². The molecule has 1 amide bonds. The number of hydrogen-bond acceptors (Lipinski definition) is 6. The molecule has 2 aromatic carbocycles. The van der Waals surface area contributed by atoms with Crippen LogP contribution >= 0.6 is 0 Å². The van der Waals surface area contributed by atoms with Gasteiger partial charge in [0.1, 0.15) is 5.70 Å². The fraction of sp³-hybridized carbons (Fsp3) is 0.158. The Bertz CT molecular complexity index is 1050. The Morgan fingerprint density at radius 1 is 1.07 bits per heavy atom. The Hall–Kier alpha value is -3.17. The number of para-hydroxylation sites is 1. The summed E-state index contributed by atoms with van der Waals surface area (Å²) >= 11 is 0. The highest BCUT2D eigenvalue weighted by Gasteiger charge is 2.38. The van der Waals surface area contributed by atoms with Crippen LogP contribution in [0.1, 0.15) is 17.3 Å². The molecule has 1 aliphatic heterocycles. The minimum Gasteiger partial charge on any atom is -0.324 e. The minimum absolute atomic E-state index is 0.0396. The summed E-state index contributed by atoms with van der Waals surface area (Å²) in [6.45, 7) is 1.17. The van der Waals surface area contributed by atoms with Crippen LogP contribution in [0.25, 0.3) is 0 Å². The van der Waals surface area contributed by atoms with Crippen molar-refractivity contribution in [1.82, 2.24) is 9.79 Å². The van der Waals surface area contributed by atoms with Gasteiger partial charge in [-0.25, -0.2) is 8.42 Å². The number of benzene rings is 2. The predicted octanol–water partition coefficient (Wildman–Crippen LogP) is 1.89. The lowest BCUT2D eigenvalue weighted by molar-refractivity contribution is -0.122. The van der Waals surface area contributed by atoms with Crippen molar-refractivity contribution < 1.29 is 22.8 Å². The first-order chi connectivity index (χ1) is 13.3. The molecule has 0 fully saturated rings. The lowest BCUT2D eigenvalue weighted by Crippen LogP contribution is -2.38. The molecule has 9 heteroatoms. The van der Waals surface area contributed by atoms with E-state index in [2.05, 4.69) is 10.8 Å². The Balaban J connectivity index is 1.72. The van der Waals surface area contributed by atoms with Crippen molar-refractivity contribution in [3.05, 3.63) is 71.6 Å². The number of allylic oxidation sites excluding steroid dienone is 2. The zero-order valence-corrected chi connectivity index (χ0v) is 16.1. The molecule has 0 aromatic heterocycles. The zero-order valence-electron chi connectivity index (χ0n) is 15.3. The smallest absolute Gasteiger partial charge is 0.264 e. The van der Waals surface area contributed by atoms with Crippen LogP contribution in [0.5, 0.6) is 0 Å². The topological polar surface area (TPSA) is 105 Å². The highest BCUT2D eigenvalue weighted by molar-refractivity contribution is 7.89. The van der Waals surface area contributed by atoms with Crippen LogP contribution in [0.15, 0.2) is 70.9 Å². The van der Waals surface area contributed by atoms with Gasteiger partial charge in [-0.05, 0) is 31.2 Å². The van der Waals surface area contributed by atoms with E-state index in [1.807, 2.05) is 6.07 Å². The molecule has 0 saturated heterocycles. The number of carbonyl (C=O) groups is 2. The predicted molar refractivity (Wildman–Crippen MR) is 103 cm³/mol. The average Bonchev–Trinajstić information content (AvgIpc) is 2.68. The maximum absolute atomic E-state index is 12.8. The van der Waals surface area contributed by atoms with Gasteiger partial charge in [-0.1, -0.05) is 30.3 Å². The number of nitrogens with zero attached hydrogens (tertiary/aromatic N) is 1. The Morgan fingerprint density at radius 3 is 2.43 bits per heavy atom. The van der Waals surface area contributed by atoms with Gasteiger partial charge in [0, 0.05) is 18.3 Å². The largest absolute Gasteiger partial charge is 0.324 e. The first-order valence-corrected chi connectivity index (χ1v) is 9.82. The van der Waals surface area contributed by atoms with Gasteiger partial charge in [-0.15, -0.1) is 0 Å². The number of rotatable bonds is 5. The number of nitrogens with one attached hydrogen (secondary N) is 2. The fourth-order valence-corrected chi connectivity index (χ4v) is 4.25. The number of hydrogen-bond donors (Lipinski definition) is 2. The van der Waals surface area contributed by atoms with Crippen molar-refractivity contribution in [1.29, 1.82) is 0 Å². The van der Waals surface area contributed by atoms with Crippen molar-refractivity contribution in [2.24, 2.45) is 0 Å². The first kappa shape index (κ1) is 19.6. The maximum Gasteiger partial charge on any atom is 0.264 e. The highest BCUT2D eigenvalue weighted by Crippen LogP contribution is 2.31. The van der Waals surface area contributed by atoms with Gasteiger partial charge in [0.2, 0.25) is 5.78 Å². The number of carbonyl (C=O) groups excluding carboxylic acids is 2. The Morgan fingerprint density at radius 2 is 1.71 bits per heavy atom. The molecule has 0 saturated carbocycles. The van der Waals surface area contributed by atoms with Crippen LogP contribution in [0, 0.1) is 0 Å². The average molecular weight is 401 g/mol. The van der Waals surface area contributed by atoms with Crippen LogP contribution in [0.2, 0.25) is 0 Å². The monoisotopic (exact) mass is 401 g/mol. The molecule has 0 aliphatic carbocycles. The molecular formula is C19H19N3O5S. The molecule has 28 heavy (non-hydrogen) atoms. The number of amides is 1. The quantitative estimate of drug-likeness (QED) is 0.586. The second-order valence-corrected chi connectivity index (χ2v) is 8.01. The number of likely N-dealkylation sites (N-methyl/N-ethyl adjacent to an activating group) is 1. The maximum atomic E-state index is 12.8. The molecule has 0 spiro atoms. The van der Waals surface area contributed by atoms with Crippen LogP contribution in [-0.4, -0.2) is 38.1 Å². The number of Topliss-reactive ketones (excluding diaryl/α,β-unsaturated/α-hetero) is 1. The lowest BCUT2D eigenvalue weighted by atomic mass is 10.1. The molecule has 0 radical (unpaired) electrons. The molecule has 0 bridgehead atoms. The fourth-order valence-electron chi connectivity index (χ4n) is 2.80. The SMILES string of the molecule is C/C(NOCC(=O)Nc1ccccc1)=C1/C(=O)c2ccccc2S(=O)(=O)N1C. The molecule has 2 N–H and O–H groups in total. The molecular weight excluding hydrogens is 382 g/mol. The van der Waals surface area contributed by atoms with Gasteiger partial charge < -0.3 is 5.32 Å². The van der Waals surface area contributed by atoms with Gasteiger partial charge in [0.15, 0.2) is 6.61 Å². The molecule has 2 aromatic rings. The Kier molecular flexibility index (Phi) is 5.48. The van der Waals surface area contributed by atoms with Crippen molar-refractivity contribution in [3.8, 4) is 0 Å². The van der Waals surface area contributed by atoms with E-state index >= 15 is 0 Å². The van der Waals surface area contributed by atoms with E-state index in [0.717, 1.165) is 4.31 Å². The van der Waals surface area contributed by atoms with Gasteiger partial charge >= 0.3 is 0 Å². The molecule has 146 valence electrons. The van der Waals surface area contributed by atoms with Crippen LogP contribution in [0.4, 0.5) is 5.69 Å². The van der Waals surface area contributed by atoms with Crippen molar-refractivity contribution in [2.45, 2.75) is 11.8 Å². The summed E-state index contributed by atoms with van der Waals surface area (Å²) in [4.78, 5) is 29.8. The number of sulfonamides is 1. The van der Waals surface area contributed by atoms with Gasteiger partial charge in [-0.3, -0.25) is 24.2 Å². The van der Waals surface area contributed by atoms with Crippen LogP contribution in [0.3, 0.4) is 0 Å². The minimum atomic E-state index is -3.85. The molecule has 8 nitrogen and oxygen atoms in total. The summed E-state index contributed by atoms with van der Waals surface area (Å²) < 4.78 is 26.2. The van der Waals surface area contributed by atoms with E-state index in [-0.39, 0.29) is 28.5 Å². The third-order valence-electron chi connectivity index (χ3n) is 4.14. The van der Waals surface area contributed by atoms with Gasteiger partial charge in [0.05, 0.1) is 10.6 Å². The van der Waals surface area contributed by atoms with Crippen molar-refractivity contribution in [3.63, 3.8) is 0 Å². The first-order valence-electron chi connectivity index (χ1n) is 8.38. The van der Waals surface area contributed by atoms with E-state index in [1.165, 1.54) is 26.1 Å². The number of anilines is 1. The lowest BCUT2D eigenvalue weighted by Gasteiger charge is -2.29. The highest BCUT2D eigenvalue weighted by atomic mass is 32.2. The van der Waals surface area contributed by atoms with E-state index in [9.17, 15) is 18.0 Å². The number of fused-ring (bicyclic) bond motifs is 1. The second-order valence-electron chi connectivity index (χ2n) is 6.08. The summed E-state index contributed by atoms with van der Waals surface area (Å²) in [7, 11) is -2.55. The molecule has 1 aliphatic rings. The Labute approximate surface area is 162 Å². The summed E-state index contributed by atoms with van der Waals surface area (Å²) in [6.07, 6.45) is 0. The van der Waals surface area contributed by atoms with Crippen molar-refractivity contribution >= 4 is 27.4 Å². The van der Waals surface area contributed by atoms with Crippen molar-refractivity contribution in [2.75, 3.05) is 19.0 Å². The third-order valence-corrected chi connectivity index (χ3v) is 5.96. The van der Waals surface area contributed by atoms with E-state index in [4.69, 9.17) is 4.84 Å².